The molecule has 1 aliphatic rings. The molecule has 1 heterocycles. The highest BCUT2D eigenvalue weighted by molar-refractivity contribution is 5.31. The van der Waals surface area contributed by atoms with Gasteiger partial charge in [-0.15, -0.1) is 0 Å². The van der Waals surface area contributed by atoms with Crippen molar-refractivity contribution >= 4 is 0 Å². The van der Waals surface area contributed by atoms with Crippen molar-refractivity contribution in [2.45, 2.75) is 58.2 Å². The summed E-state index contributed by atoms with van der Waals surface area (Å²) in [6.45, 7) is 7.30. The van der Waals surface area contributed by atoms with Gasteiger partial charge in [0.15, 0.2) is 0 Å². The SMILES string of the molecule is CCC1(C)OC1CCC(C)=CCCOc1ccc(OC)cc1. The largest absolute Gasteiger partial charge is 0.497 e. The van der Waals surface area contributed by atoms with E-state index in [1.165, 1.54) is 5.57 Å². The molecule has 0 bridgehead atoms. The van der Waals surface area contributed by atoms with Crippen molar-refractivity contribution in [2.24, 2.45) is 0 Å². The van der Waals surface area contributed by atoms with E-state index in [0.717, 1.165) is 37.2 Å². The Morgan fingerprint density at radius 2 is 1.95 bits per heavy atom. The second-order valence-electron chi connectivity index (χ2n) is 6.17. The first-order chi connectivity index (χ1) is 10.6. The van der Waals surface area contributed by atoms with E-state index in [2.05, 4.69) is 26.8 Å². The molecule has 3 nitrogen and oxygen atoms in total. The van der Waals surface area contributed by atoms with Crippen molar-refractivity contribution in [3.05, 3.63) is 35.9 Å². The molecule has 1 fully saturated rings. The topological polar surface area (TPSA) is 31.0 Å². The van der Waals surface area contributed by atoms with Crippen molar-refractivity contribution in [3.8, 4) is 11.5 Å². The standard InChI is InChI=1S/C19H28O3/c1-5-19(3)18(22-19)13-8-15(2)7-6-14-21-17-11-9-16(20-4)10-12-17/h7,9-12,18H,5-6,8,13-14H2,1-4H3. The van der Waals surface area contributed by atoms with Crippen molar-refractivity contribution in [2.75, 3.05) is 13.7 Å². The molecule has 2 rings (SSSR count). The summed E-state index contributed by atoms with van der Waals surface area (Å²) in [7, 11) is 1.67. The van der Waals surface area contributed by atoms with Gasteiger partial charge in [0.1, 0.15) is 11.5 Å². The fraction of sp³-hybridized carbons (Fsp3) is 0.579. The van der Waals surface area contributed by atoms with E-state index in [0.29, 0.717) is 12.7 Å². The van der Waals surface area contributed by atoms with Crippen LogP contribution in [0, 0.1) is 0 Å². The number of hydrogen-bond donors (Lipinski definition) is 0. The van der Waals surface area contributed by atoms with Crippen LogP contribution in [0.4, 0.5) is 0 Å². The summed E-state index contributed by atoms with van der Waals surface area (Å²) in [6, 6.07) is 7.70. The lowest BCUT2D eigenvalue weighted by Gasteiger charge is -2.06. The van der Waals surface area contributed by atoms with Crippen LogP contribution in [0.5, 0.6) is 11.5 Å². The molecular weight excluding hydrogens is 276 g/mol. The summed E-state index contributed by atoms with van der Waals surface area (Å²) in [5, 5.41) is 0. The number of benzene rings is 1. The van der Waals surface area contributed by atoms with Crippen LogP contribution < -0.4 is 9.47 Å². The number of ether oxygens (including phenoxy) is 3. The normalized spacial score (nSPS) is 24.2. The Hall–Kier alpha value is -1.48. The Balaban J connectivity index is 1.62. The monoisotopic (exact) mass is 304 g/mol. The first-order valence-corrected chi connectivity index (χ1v) is 8.17. The summed E-state index contributed by atoms with van der Waals surface area (Å²) in [5.41, 5.74) is 1.57. The quantitative estimate of drug-likeness (QED) is 0.374. The van der Waals surface area contributed by atoms with E-state index in [9.17, 15) is 0 Å². The Bertz CT molecular complexity index is 492. The minimum Gasteiger partial charge on any atom is -0.497 e. The summed E-state index contributed by atoms with van der Waals surface area (Å²) < 4.78 is 16.6. The molecule has 2 unspecified atom stereocenters. The molecule has 122 valence electrons. The molecular formula is C19H28O3. The van der Waals surface area contributed by atoms with Crippen LogP contribution in [-0.2, 0) is 4.74 Å². The molecule has 0 radical (unpaired) electrons. The lowest BCUT2D eigenvalue weighted by Crippen LogP contribution is -2.07. The Labute approximate surface area is 134 Å². The van der Waals surface area contributed by atoms with Gasteiger partial charge in [0, 0.05) is 0 Å². The average molecular weight is 304 g/mol. The van der Waals surface area contributed by atoms with Gasteiger partial charge in [-0.3, -0.25) is 0 Å². The van der Waals surface area contributed by atoms with Gasteiger partial charge in [0.05, 0.1) is 25.4 Å². The number of methoxy groups -OCH3 is 1. The van der Waals surface area contributed by atoms with Crippen LogP contribution in [0.25, 0.3) is 0 Å². The predicted octanol–water partition coefficient (Wildman–Crippen LogP) is 4.76. The van der Waals surface area contributed by atoms with Gasteiger partial charge in [-0.2, -0.15) is 0 Å². The van der Waals surface area contributed by atoms with E-state index >= 15 is 0 Å². The summed E-state index contributed by atoms with van der Waals surface area (Å²) >= 11 is 0. The van der Waals surface area contributed by atoms with Crippen molar-refractivity contribution in [1.82, 2.24) is 0 Å². The zero-order valence-corrected chi connectivity index (χ0v) is 14.2. The first-order valence-electron chi connectivity index (χ1n) is 8.17. The third kappa shape index (κ3) is 4.77. The average Bonchev–Trinajstić information content (AvgIpc) is 3.21. The predicted molar refractivity (Wildman–Crippen MR) is 89.7 cm³/mol. The molecule has 0 aromatic heterocycles. The molecule has 22 heavy (non-hydrogen) atoms. The maximum atomic E-state index is 5.74. The minimum absolute atomic E-state index is 0.151. The van der Waals surface area contributed by atoms with Crippen LogP contribution in [0.3, 0.4) is 0 Å². The van der Waals surface area contributed by atoms with Crippen molar-refractivity contribution in [3.63, 3.8) is 0 Å². The van der Waals surface area contributed by atoms with Gasteiger partial charge in [-0.1, -0.05) is 18.6 Å². The molecule has 1 aliphatic heterocycles. The van der Waals surface area contributed by atoms with Gasteiger partial charge >= 0.3 is 0 Å². The zero-order chi connectivity index (χ0) is 16.0. The smallest absolute Gasteiger partial charge is 0.119 e. The lowest BCUT2D eigenvalue weighted by atomic mass is 9.99. The van der Waals surface area contributed by atoms with Gasteiger partial charge in [-0.25, -0.2) is 0 Å². The Kier molecular flexibility index (Phi) is 5.90. The minimum atomic E-state index is 0.151. The second-order valence-corrected chi connectivity index (χ2v) is 6.17. The lowest BCUT2D eigenvalue weighted by molar-refractivity contribution is 0.300. The van der Waals surface area contributed by atoms with E-state index in [-0.39, 0.29) is 5.60 Å². The Morgan fingerprint density at radius 1 is 1.27 bits per heavy atom. The van der Waals surface area contributed by atoms with Crippen LogP contribution in [0.1, 0.15) is 46.5 Å². The molecule has 0 spiro atoms. The molecule has 1 aromatic rings. The number of allylic oxidation sites excluding steroid dienone is 1. The van der Waals surface area contributed by atoms with E-state index in [4.69, 9.17) is 14.2 Å². The number of rotatable bonds is 9. The van der Waals surface area contributed by atoms with Crippen molar-refractivity contribution in [1.29, 1.82) is 0 Å². The summed E-state index contributed by atoms with van der Waals surface area (Å²) in [4.78, 5) is 0. The molecule has 1 saturated heterocycles. The first kappa shape index (κ1) is 16.9. The highest BCUT2D eigenvalue weighted by Crippen LogP contribution is 2.42. The van der Waals surface area contributed by atoms with E-state index in [1.54, 1.807) is 7.11 Å². The van der Waals surface area contributed by atoms with Crippen LogP contribution in [-0.4, -0.2) is 25.4 Å². The van der Waals surface area contributed by atoms with Crippen LogP contribution in [0.15, 0.2) is 35.9 Å². The Morgan fingerprint density at radius 3 is 2.55 bits per heavy atom. The maximum absolute atomic E-state index is 5.74. The van der Waals surface area contributed by atoms with Gasteiger partial charge in [-0.05, 0) is 63.8 Å². The zero-order valence-electron chi connectivity index (χ0n) is 14.2. The molecule has 2 atom stereocenters. The molecule has 1 aromatic carbocycles. The number of epoxide rings is 1. The van der Waals surface area contributed by atoms with E-state index < -0.39 is 0 Å². The van der Waals surface area contributed by atoms with Gasteiger partial charge in [0.2, 0.25) is 0 Å². The fourth-order valence-corrected chi connectivity index (χ4v) is 2.58. The van der Waals surface area contributed by atoms with Crippen molar-refractivity contribution < 1.29 is 14.2 Å². The summed E-state index contributed by atoms with van der Waals surface area (Å²) in [5.74, 6) is 1.74. The fourth-order valence-electron chi connectivity index (χ4n) is 2.58. The second kappa shape index (κ2) is 7.68. The molecule has 0 N–H and O–H groups in total. The molecule has 0 amide bonds. The van der Waals surface area contributed by atoms with Crippen LogP contribution in [0.2, 0.25) is 0 Å². The third-order valence-electron chi connectivity index (χ3n) is 4.48. The third-order valence-corrected chi connectivity index (χ3v) is 4.48. The van der Waals surface area contributed by atoms with Gasteiger partial charge in [0.25, 0.3) is 0 Å². The maximum Gasteiger partial charge on any atom is 0.119 e. The summed E-state index contributed by atoms with van der Waals surface area (Å²) in [6.07, 6.45) is 7.02. The highest BCUT2D eigenvalue weighted by atomic mass is 16.6. The molecule has 3 heteroatoms. The highest BCUT2D eigenvalue weighted by Gasteiger charge is 2.49. The molecule has 0 aliphatic carbocycles. The van der Waals surface area contributed by atoms with Crippen LogP contribution >= 0.6 is 0 Å². The molecule has 0 saturated carbocycles. The van der Waals surface area contributed by atoms with Gasteiger partial charge < -0.3 is 14.2 Å². The van der Waals surface area contributed by atoms with E-state index in [1.807, 2.05) is 24.3 Å². The number of hydrogen-bond acceptors (Lipinski definition) is 3.